The SMILES string of the molecule is Cc1ccccc1C(=O)/C=C1\SCC(=O)N1CC(=O)N1c2ccccc2C[C@H]1C. The van der Waals surface area contributed by atoms with Gasteiger partial charge in [0, 0.05) is 23.4 Å². The minimum Gasteiger partial charge on any atom is -0.307 e. The molecule has 148 valence electrons. The number of ketones is 1. The van der Waals surface area contributed by atoms with Crippen LogP contribution in [0.25, 0.3) is 0 Å². The van der Waals surface area contributed by atoms with E-state index in [1.54, 1.807) is 11.0 Å². The van der Waals surface area contributed by atoms with Crippen LogP contribution in [-0.2, 0) is 16.0 Å². The molecule has 6 heteroatoms. The summed E-state index contributed by atoms with van der Waals surface area (Å²) in [5.74, 6) is -0.191. The summed E-state index contributed by atoms with van der Waals surface area (Å²) in [6, 6.07) is 15.3. The highest BCUT2D eigenvalue weighted by molar-refractivity contribution is 8.04. The van der Waals surface area contributed by atoms with Crippen LogP contribution in [0.1, 0.15) is 28.4 Å². The number of benzene rings is 2. The standard InChI is InChI=1S/C23H22N2O3S/c1-15-7-3-5-9-18(15)20(26)12-23-24(22(28)14-29-23)13-21(27)25-16(2)11-17-8-4-6-10-19(17)25/h3-10,12,16H,11,13-14H2,1-2H3/b23-12-/t16-/m1/s1. The van der Waals surface area contributed by atoms with Crippen LogP contribution in [0.3, 0.4) is 0 Å². The summed E-state index contributed by atoms with van der Waals surface area (Å²) in [6.45, 7) is 3.83. The van der Waals surface area contributed by atoms with Crippen molar-refractivity contribution in [1.29, 1.82) is 0 Å². The van der Waals surface area contributed by atoms with E-state index in [1.165, 1.54) is 22.7 Å². The van der Waals surface area contributed by atoms with E-state index < -0.39 is 0 Å². The summed E-state index contributed by atoms with van der Waals surface area (Å²) >= 11 is 1.30. The number of aryl methyl sites for hydroxylation is 1. The van der Waals surface area contributed by atoms with Crippen LogP contribution in [0.2, 0.25) is 0 Å². The van der Waals surface area contributed by atoms with Gasteiger partial charge in [-0.15, -0.1) is 0 Å². The van der Waals surface area contributed by atoms with Gasteiger partial charge in [-0.25, -0.2) is 0 Å². The first kappa shape index (κ1) is 19.5. The topological polar surface area (TPSA) is 57.7 Å². The lowest BCUT2D eigenvalue weighted by molar-refractivity contribution is -0.130. The molecule has 0 aliphatic carbocycles. The number of allylic oxidation sites excluding steroid dienone is 1. The molecule has 4 rings (SSSR count). The van der Waals surface area contributed by atoms with Crippen molar-refractivity contribution < 1.29 is 14.4 Å². The van der Waals surface area contributed by atoms with Crippen LogP contribution in [0, 0.1) is 6.92 Å². The summed E-state index contributed by atoms with van der Waals surface area (Å²) in [5, 5.41) is 0.539. The Morgan fingerprint density at radius 3 is 2.66 bits per heavy atom. The molecule has 1 fully saturated rings. The second-order valence-corrected chi connectivity index (χ2v) is 8.37. The van der Waals surface area contributed by atoms with Gasteiger partial charge in [0.05, 0.1) is 10.8 Å². The van der Waals surface area contributed by atoms with E-state index >= 15 is 0 Å². The van der Waals surface area contributed by atoms with Crippen LogP contribution in [0.15, 0.2) is 59.6 Å². The molecular formula is C23H22N2O3S. The van der Waals surface area contributed by atoms with Gasteiger partial charge < -0.3 is 4.90 Å². The third kappa shape index (κ3) is 3.72. The lowest BCUT2D eigenvalue weighted by Gasteiger charge is -2.26. The molecule has 2 amide bonds. The number of hydrogen-bond donors (Lipinski definition) is 0. The molecule has 29 heavy (non-hydrogen) atoms. The van der Waals surface area contributed by atoms with Crippen molar-refractivity contribution in [3.63, 3.8) is 0 Å². The largest absolute Gasteiger partial charge is 0.307 e. The minimum absolute atomic E-state index is 0.0475. The van der Waals surface area contributed by atoms with Crippen molar-refractivity contribution >= 4 is 35.0 Å². The second kappa shape index (κ2) is 7.87. The number of hydrogen-bond acceptors (Lipinski definition) is 4. The van der Waals surface area contributed by atoms with E-state index in [9.17, 15) is 14.4 Å². The van der Waals surface area contributed by atoms with Gasteiger partial charge in [0.25, 0.3) is 0 Å². The van der Waals surface area contributed by atoms with E-state index in [1.807, 2.05) is 56.3 Å². The summed E-state index contributed by atoms with van der Waals surface area (Å²) in [5.41, 5.74) is 3.54. The molecule has 2 aliphatic heterocycles. The Labute approximate surface area is 174 Å². The molecule has 2 aromatic rings. The molecule has 2 aliphatic rings. The van der Waals surface area contributed by atoms with E-state index in [2.05, 4.69) is 0 Å². The molecule has 0 N–H and O–H groups in total. The van der Waals surface area contributed by atoms with E-state index in [0.29, 0.717) is 10.6 Å². The number of nitrogens with zero attached hydrogens (tertiary/aromatic N) is 2. The van der Waals surface area contributed by atoms with Gasteiger partial charge in [0.1, 0.15) is 6.54 Å². The van der Waals surface area contributed by atoms with Crippen LogP contribution in [0.4, 0.5) is 5.69 Å². The lowest BCUT2D eigenvalue weighted by Crippen LogP contribution is -2.43. The Kier molecular flexibility index (Phi) is 5.28. The Morgan fingerprint density at radius 2 is 1.86 bits per heavy atom. The molecule has 0 radical (unpaired) electrons. The molecule has 2 heterocycles. The highest BCUT2D eigenvalue weighted by atomic mass is 32.2. The Morgan fingerprint density at radius 1 is 1.14 bits per heavy atom. The van der Waals surface area contributed by atoms with Gasteiger partial charge in [0.2, 0.25) is 11.8 Å². The zero-order valence-electron chi connectivity index (χ0n) is 16.4. The fourth-order valence-electron chi connectivity index (χ4n) is 3.90. The summed E-state index contributed by atoms with van der Waals surface area (Å²) in [4.78, 5) is 41.4. The molecule has 0 aromatic heterocycles. The smallest absolute Gasteiger partial charge is 0.247 e. The van der Waals surface area contributed by atoms with Crippen molar-refractivity contribution in [2.75, 3.05) is 17.2 Å². The third-order valence-electron chi connectivity index (χ3n) is 5.35. The number of thioether (sulfide) groups is 1. The quantitative estimate of drug-likeness (QED) is 0.575. The summed E-state index contributed by atoms with van der Waals surface area (Å²) < 4.78 is 0. The Hall–Kier alpha value is -2.86. The van der Waals surface area contributed by atoms with E-state index in [4.69, 9.17) is 0 Å². The highest BCUT2D eigenvalue weighted by Gasteiger charge is 2.35. The molecule has 0 unspecified atom stereocenters. The fraction of sp³-hybridized carbons (Fsp3) is 0.261. The molecule has 2 aromatic carbocycles. The van der Waals surface area contributed by atoms with E-state index in [0.717, 1.165) is 23.2 Å². The molecule has 1 atom stereocenters. The third-order valence-corrected chi connectivity index (χ3v) is 6.37. The first-order valence-corrected chi connectivity index (χ1v) is 10.6. The first-order chi connectivity index (χ1) is 14.0. The average molecular weight is 407 g/mol. The monoisotopic (exact) mass is 406 g/mol. The highest BCUT2D eigenvalue weighted by Crippen LogP contribution is 2.34. The molecule has 5 nitrogen and oxygen atoms in total. The Balaban J connectivity index is 1.56. The van der Waals surface area contributed by atoms with Gasteiger partial charge in [-0.05, 0) is 37.5 Å². The second-order valence-electron chi connectivity index (χ2n) is 7.38. The van der Waals surface area contributed by atoms with Crippen molar-refractivity contribution in [1.82, 2.24) is 4.90 Å². The normalized spacial score (nSPS) is 19.7. The zero-order chi connectivity index (χ0) is 20.5. The molecule has 1 saturated heterocycles. The summed E-state index contributed by atoms with van der Waals surface area (Å²) in [6.07, 6.45) is 2.28. The van der Waals surface area contributed by atoms with Crippen LogP contribution in [-0.4, -0.2) is 40.8 Å². The van der Waals surface area contributed by atoms with E-state index in [-0.39, 0.29) is 35.9 Å². The van der Waals surface area contributed by atoms with Gasteiger partial charge in [-0.2, -0.15) is 0 Å². The van der Waals surface area contributed by atoms with Crippen molar-refractivity contribution in [2.24, 2.45) is 0 Å². The fourth-order valence-corrected chi connectivity index (χ4v) is 4.84. The van der Waals surface area contributed by atoms with Gasteiger partial charge in [0.15, 0.2) is 5.78 Å². The van der Waals surface area contributed by atoms with Gasteiger partial charge >= 0.3 is 0 Å². The lowest BCUT2D eigenvalue weighted by atomic mass is 10.1. The van der Waals surface area contributed by atoms with Crippen LogP contribution < -0.4 is 4.90 Å². The van der Waals surface area contributed by atoms with Crippen molar-refractivity contribution in [3.8, 4) is 0 Å². The predicted molar refractivity (Wildman–Crippen MR) is 115 cm³/mol. The molecule has 0 spiro atoms. The predicted octanol–water partition coefficient (Wildman–Crippen LogP) is 3.57. The Bertz CT molecular complexity index is 1030. The van der Waals surface area contributed by atoms with Crippen LogP contribution in [0.5, 0.6) is 0 Å². The average Bonchev–Trinajstić information content (AvgIpc) is 3.21. The zero-order valence-corrected chi connectivity index (χ0v) is 17.2. The maximum absolute atomic E-state index is 13.1. The maximum atomic E-state index is 13.1. The summed E-state index contributed by atoms with van der Waals surface area (Å²) in [7, 11) is 0. The number of anilines is 1. The number of rotatable bonds is 4. The van der Waals surface area contributed by atoms with Crippen molar-refractivity contribution in [3.05, 3.63) is 76.3 Å². The maximum Gasteiger partial charge on any atom is 0.247 e. The van der Waals surface area contributed by atoms with Gasteiger partial charge in [-0.3, -0.25) is 19.3 Å². The number of para-hydroxylation sites is 1. The van der Waals surface area contributed by atoms with Gasteiger partial charge in [-0.1, -0.05) is 54.2 Å². The minimum atomic E-state index is -0.155. The molecule has 0 saturated carbocycles. The number of carbonyl (C=O) groups is 3. The first-order valence-electron chi connectivity index (χ1n) is 9.60. The molecular weight excluding hydrogens is 384 g/mol. The number of carbonyl (C=O) groups excluding carboxylic acids is 3. The number of amides is 2. The van der Waals surface area contributed by atoms with Crippen molar-refractivity contribution in [2.45, 2.75) is 26.3 Å². The number of fused-ring (bicyclic) bond motifs is 1. The van der Waals surface area contributed by atoms with Crippen LogP contribution >= 0.6 is 11.8 Å². The molecule has 0 bridgehead atoms.